The number of thiophene rings is 1. The van der Waals surface area contributed by atoms with Gasteiger partial charge in [-0.05, 0) is 50.3 Å². The molecule has 3 heterocycles. The van der Waals surface area contributed by atoms with Crippen LogP contribution in [0.15, 0.2) is 35.7 Å². The van der Waals surface area contributed by atoms with Crippen LogP contribution in [0.25, 0.3) is 10.9 Å². The summed E-state index contributed by atoms with van der Waals surface area (Å²) in [4.78, 5) is 30.3. The molecule has 1 fully saturated rings. The summed E-state index contributed by atoms with van der Waals surface area (Å²) < 4.78 is 0. The lowest BCUT2D eigenvalue weighted by Gasteiger charge is -2.32. The van der Waals surface area contributed by atoms with Gasteiger partial charge in [-0.1, -0.05) is 18.2 Å². The number of aryl methyl sites for hydroxylation is 1. The molecule has 2 aromatic heterocycles. The number of piperidine rings is 1. The Morgan fingerprint density at radius 1 is 1.19 bits per heavy atom. The van der Waals surface area contributed by atoms with Crippen LogP contribution in [0.3, 0.4) is 0 Å². The number of Topliss-reactive ketones (excluding diaryl/α,β-unsaturated/α-hetero) is 1. The van der Waals surface area contributed by atoms with Gasteiger partial charge in [0.15, 0.2) is 5.78 Å². The van der Waals surface area contributed by atoms with Crippen LogP contribution in [-0.2, 0) is 0 Å². The molecular weight excluding hydrogens is 344 g/mol. The average Bonchev–Trinajstić information content (AvgIpc) is 3.25. The minimum absolute atomic E-state index is 0.00817. The molecule has 0 unspecified atom stereocenters. The monoisotopic (exact) mass is 366 g/mol. The Labute approximate surface area is 156 Å². The van der Waals surface area contributed by atoms with Crippen molar-refractivity contribution in [1.82, 2.24) is 9.88 Å². The molecule has 1 aromatic carbocycles. The van der Waals surface area contributed by atoms with E-state index in [2.05, 4.69) is 36.2 Å². The van der Waals surface area contributed by atoms with Crippen molar-refractivity contribution in [2.24, 2.45) is 0 Å². The molecule has 0 aliphatic carbocycles. The number of para-hydroxylation sites is 1. The fourth-order valence-electron chi connectivity index (χ4n) is 3.98. The molecule has 134 valence electrons. The van der Waals surface area contributed by atoms with Gasteiger partial charge in [-0.25, -0.2) is 0 Å². The van der Waals surface area contributed by atoms with E-state index in [1.54, 1.807) is 11.4 Å². The Hall–Kier alpha value is -2.40. The van der Waals surface area contributed by atoms with E-state index in [-0.39, 0.29) is 11.7 Å². The Morgan fingerprint density at radius 2 is 1.92 bits per heavy atom. The standard InChI is InChI=1S/C21H22N2O2S/c1-13-20(17-5-3-4-6-18(17)22-13)15-7-9-23(10-8-15)21(25)19-11-16(12-26-19)14(2)24/h3-6,11-12,15,22H,7-10H2,1-2H3. The van der Waals surface area contributed by atoms with E-state index in [1.165, 1.54) is 40.4 Å². The third-order valence-corrected chi connectivity index (χ3v) is 6.27. The predicted molar refractivity (Wildman–Crippen MR) is 105 cm³/mol. The smallest absolute Gasteiger partial charge is 0.263 e. The van der Waals surface area contributed by atoms with Gasteiger partial charge in [-0.3, -0.25) is 9.59 Å². The number of amides is 1. The zero-order valence-corrected chi connectivity index (χ0v) is 15.9. The van der Waals surface area contributed by atoms with Crippen molar-refractivity contribution in [3.8, 4) is 0 Å². The quantitative estimate of drug-likeness (QED) is 0.680. The highest BCUT2D eigenvalue weighted by atomic mass is 32.1. The Kier molecular flexibility index (Phi) is 4.41. The highest BCUT2D eigenvalue weighted by Gasteiger charge is 2.28. The molecule has 1 aliphatic rings. The van der Waals surface area contributed by atoms with Gasteiger partial charge in [0.2, 0.25) is 0 Å². The topological polar surface area (TPSA) is 53.2 Å². The summed E-state index contributed by atoms with van der Waals surface area (Å²) in [6.07, 6.45) is 1.94. The molecule has 3 aromatic rings. The maximum Gasteiger partial charge on any atom is 0.263 e. The molecule has 4 nitrogen and oxygen atoms in total. The number of hydrogen-bond acceptors (Lipinski definition) is 3. The van der Waals surface area contributed by atoms with Crippen molar-refractivity contribution >= 4 is 33.9 Å². The molecule has 1 saturated heterocycles. The lowest BCUT2D eigenvalue weighted by molar-refractivity contribution is 0.0718. The predicted octanol–water partition coefficient (Wildman–Crippen LogP) is 4.76. The van der Waals surface area contributed by atoms with Crippen LogP contribution in [0.4, 0.5) is 0 Å². The summed E-state index contributed by atoms with van der Waals surface area (Å²) in [6, 6.07) is 10.2. The molecule has 1 aliphatic heterocycles. The fraction of sp³-hybridized carbons (Fsp3) is 0.333. The molecule has 1 amide bonds. The summed E-state index contributed by atoms with van der Waals surface area (Å²) in [6.45, 7) is 5.19. The Morgan fingerprint density at radius 3 is 2.62 bits per heavy atom. The molecule has 0 atom stereocenters. The van der Waals surface area contributed by atoms with E-state index in [4.69, 9.17) is 0 Å². The molecule has 1 N–H and O–H groups in total. The van der Waals surface area contributed by atoms with Crippen molar-refractivity contribution in [2.45, 2.75) is 32.6 Å². The number of nitrogens with zero attached hydrogens (tertiary/aromatic N) is 1. The number of nitrogens with one attached hydrogen (secondary N) is 1. The van der Waals surface area contributed by atoms with Gasteiger partial charge in [0.1, 0.15) is 0 Å². The van der Waals surface area contributed by atoms with Gasteiger partial charge in [0, 0.05) is 40.6 Å². The molecule has 0 bridgehead atoms. The number of fused-ring (bicyclic) bond motifs is 1. The van der Waals surface area contributed by atoms with Gasteiger partial charge >= 0.3 is 0 Å². The van der Waals surface area contributed by atoms with Crippen LogP contribution in [0, 0.1) is 6.92 Å². The second-order valence-corrected chi connectivity index (χ2v) is 7.94. The van der Waals surface area contributed by atoms with Crippen molar-refractivity contribution in [2.75, 3.05) is 13.1 Å². The van der Waals surface area contributed by atoms with E-state index in [9.17, 15) is 9.59 Å². The summed E-state index contributed by atoms with van der Waals surface area (Å²) in [7, 11) is 0. The summed E-state index contributed by atoms with van der Waals surface area (Å²) >= 11 is 1.37. The third kappa shape index (κ3) is 2.97. The number of hydrogen-bond donors (Lipinski definition) is 1. The largest absolute Gasteiger partial charge is 0.358 e. The number of carbonyl (C=O) groups is 2. The summed E-state index contributed by atoms with van der Waals surface area (Å²) in [5.41, 5.74) is 4.46. The Balaban J connectivity index is 1.49. The minimum Gasteiger partial charge on any atom is -0.358 e. The fourth-order valence-corrected chi connectivity index (χ4v) is 4.90. The SMILES string of the molecule is CC(=O)c1csc(C(=O)N2CCC(c3c(C)[nH]c4ccccc34)CC2)c1. The van der Waals surface area contributed by atoms with E-state index in [1.807, 2.05) is 4.90 Å². The molecular formula is C21H22N2O2S. The minimum atomic E-state index is 0.00817. The highest BCUT2D eigenvalue weighted by molar-refractivity contribution is 7.12. The summed E-state index contributed by atoms with van der Waals surface area (Å²) in [5, 5.41) is 3.08. The van der Waals surface area contributed by atoms with E-state index in [0.29, 0.717) is 16.4 Å². The molecule has 4 rings (SSSR count). The molecule has 0 spiro atoms. The van der Waals surface area contributed by atoms with E-state index < -0.39 is 0 Å². The number of likely N-dealkylation sites (tertiary alicyclic amines) is 1. The third-order valence-electron chi connectivity index (χ3n) is 5.35. The zero-order valence-electron chi connectivity index (χ0n) is 15.0. The maximum absolute atomic E-state index is 12.7. The van der Waals surface area contributed by atoms with E-state index in [0.717, 1.165) is 25.9 Å². The van der Waals surface area contributed by atoms with E-state index >= 15 is 0 Å². The number of benzene rings is 1. The van der Waals surface area contributed by atoms with Crippen LogP contribution >= 0.6 is 11.3 Å². The normalized spacial score (nSPS) is 15.5. The first kappa shape index (κ1) is 17.0. The number of aromatic amines is 1. The lowest BCUT2D eigenvalue weighted by atomic mass is 9.87. The van der Waals surface area contributed by atoms with Gasteiger partial charge in [-0.15, -0.1) is 11.3 Å². The Bertz CT molecular complexity index is 977. The maximum atomic E-state index is 12.7. The molecule has 26 heavy (non-hydrogen) atoms. The van der Waals surface area contributed by atoms with Crippen molar-refractivity contribution < 1.29 is 9.59 Å². The first-order valence-electron chi connectivity index (χ1n) is 9.00. The van der Waals surface area contributed by atoms with Crippen LogP contribution < -0.4 is 0 Å². The number of rotatable bonds is 3. The molecule has 0 saturated carbocycles. The lowest BCUT2D eigenvalue weighted by Crippen LogP contribution is -2.37. The first-order chi connectivity index (χ1) is 12.5. The van der Waals surface area contributed by atoms with Crippen molar-refractivity contribution in [3.63, 3.8) is 0 Å². The van der Waals surface area contributed by atoms with Crippen LogP contribution in [-0.4, -0.2) is 34.7 Å². The van der Waals surface area contributed by atoms with Crippen LogP contribution in [0.2, 0.25) is 0 Å². The molecule has 0 radical (unpaired) electrons. The second kappa shape index (κ2) is 6.72. The number of H-pyrrole nitrogens is 1. The average molecular weight is 366 g/mol. The zero-order chi connectivity index (χ0) is 18.3. The van der Waals surface area contributed by atoms with Crippen LogP contribution in [0.1, 0.15) is 57.0 Å². The molecule has 5 heteroatoms. The van der Waals surface area contributed by atoms with Gasteiger partial charge in [-0.2, -0.15) is 0 Å². The number of carbonyl (C=O) groups excluding carboxylic acids is 2. The van der Waals surface area contributed by atoms with Crippen LogP contribution in [0.5, 0.6) is 0 Å². The van der Waals surface area contributed by atoms with Gasteiger partial charge in [0.25, 0.3) is 5.91 Å². The first-order valence-corrected chi connectivity index (χ1v) is 9.88. The van der Waals surface area contributed by atoms with Gasteiger partial charge < -0.3 is 9.88 Å². The van der Waals surface area contributed by atoms with Crippen molar-refractivity contribution in [3.05, 3.63) is 57.4 Å². The second-order valence-electron chi connectivity index (χ2n) is 7.03. The number of aromatic nitrogens is 1. The van der Waals surface area contributed by atoms with Gasteiger partial charge in [0.05, 0.1) is 4.88 Å². The highest BCUT2D eigenvalue weighted by Crippen LogP contribution is 2.36. The van der Waals surface area contributed by atoms with Crippen molar-refractivity contribution in [1.29, 1.82) is 0 Å². The summed E-state index contributed by atoms with van der Waals surface area (Å²) in [5.74, 6) is 0.539. The number of ketones is 1.